The van der Waals surface area contributed by atoms with Crippen molar-refractivity contribution in [3.63, 3.8) is 0 Å². The van der Waals surface area contributed by atoms with Gasteiger partial charge in [0.15, 0.2) is 0 Å². The standard InChI is InChI=1S/C13H15N5O2S/c1-17-6-7-18(12-5-3-2-4-11(12)17)21(19,20)10-8-15-13(14)16-9-10/h2-5,8-9H,6-7H2,1H3,(H2,14,15,16). The van der Waals surface area contributed by atoms with Crippen molar-refractivity contribution < 1.29 is 8.42 Å². The Labute approximate surface area is 123 Å². The largest absolute Gasteiger partial charge is 0.371 e. The molecule has 0 saturated carbocycles. The predicted molar refractivity (Wildman–Crippen MR) is 80.7 cm³/mol. The van der Waals surface area contributed by atoms with E-state index in [4.69, 9.17) is 5.73 Å². The van der Waals surface area contributed by atoms with Crippen molar-refractivity contribution in [2.75, 3.05) is 35.1 Å². The molecule has 1 aromatic carbocycles. The topological polar surface area (TPSA) is 92.4 Å². The summed E-state index contributed by atoms with van der Waals surface area (Å²) in [6.07, 6.45) is 2.47. The minimum Gasteiger partial charge on any atom is -0.371 e. The van der Waals surface area contributed by atoms with Gasteiger partial charge in [-0.2, -0.15) is 0 Å². The first kappa shape index (κ1) is 13.6. The molecule has 110 valence electrons. The van der Waals surface area contributed by atoms with Crippen molar-refractivity contribution in [2.24, 2.45) is 0 Å². The molecule has 21 heavy (non-hydrogen) atoms. The number of nitrogen functional groups attached to an aromatic ring is 1. The van der Waals surface area contributed by atoms with Crippen LogP contribution in [0.3, 0.4) is 0 Å². The van der Waals surface area contributed by atoms with Gasteiger partial charge in [0.05, 0.1) is 30.3 Å². The maximum absolute atomic E-state index is 12.8. The van der Waals surface area contributed by atoms with Crippen LogP contribution in [0.1, 0.15) is 0 Å². The van der Waals surface area contributed by atoms with E-state index in [0.717, 1.165) is 5.69 Å². The molecule has 2 aromatic rings. The Bertz CT molecular complexity index is 760. The first-order chi connectivity index (χ1) is 10.00. The monoisotopic (exact) mass is 305 g/mol. The van der Waals surface area contributed by atoms with Gasteiger partial charge in [-0.1, -0.05) is 12.1 Å². The molecule has 0 atom stereocenters. The van der Waals surface area contributed by atoms with Gasteiger partial charge in [-0.15, -0.1) is 0 Å². The molecule has 2 N–H and O–H groups in total. The summed E-state index contributed by atoms with van der Waals surface area (Å²) in [6, 6.07) is 7.40. The van der Waals surface area contributed by atoms with E-state index in [1.54, 1.807) is 6.07 Å². The number of benzene rings is 1. The molecule has 1 aromatic heterocycles. The number of nitrogens with two attached hydrogens (primary N) is 1. The number of likely N-dealkylation sites (N-methyl/N-ethyl adjacent to an activating group) is 1. The van der Waals surface area contributed by atoms with Crippen LogP contribution in [0.2, 0.25) is 0 Å². The smallest absolute Gasteiger partial charge is 0.267 e. The van der Waals surface area contributed by atoms with Crippen LogP contribution in [0.4, 0.5) is 17.3 Å². The van der Waals surface area contributed by atoms with E-state index in [2.05, 4.69) is 9.97 Å². The average molecular weight is 305 g/mol. The summed E-state index contributed by atoms with van der Waals surface area (Å²) < 4.78 is 26.9. The number of nitrogens with zero attached hydrogens (tertiary/aromatic N) is 4. The third-order valence-corrected chi connectivity index (χ3v) is 5.20. The number of para-hydroxylation sites is 2. The molecule has 0 amide bonds. The van der Waals surface area contributed by atoms with Gasteiger partial charge in [-0.3, -0.25) is 4.31 Å². The Hall–Kier alpha value is -2.35. The lowest BCUT2D eigenvalue weighted by Gasteiger charge is -2.35. The Morgan fingerprint density at radius 2 is 1.71 bits per heavy atom. The Balaban J connectivity index is 2.08. The summed E-state index contributed by atoms with van der Waals surface area (Å²) in [5.74, 6) is 0.0488. The van der Waals surface area contributed by atoms with Gasteiger partial charge in [0.25, 0.3) is 10.0 Å². The number of rotatable bonds is 2. The highest BCUT2D eigenvalue weighted by molar-refractivity contribution is 7.92. The van der Waals surface area contributed by atoms with Crippen molar-refractivity contribution in [3.05, 3.63) is 36.7 Å². The molecule has 8 heteroatoms. The quantitative estimate of drug-likeness (QED) is 0.878. The molecule has 7 nitrogen and oxygen atoms in total. The molecule has 0 fully saturated rings. The summed E-state index contributed by atoms with van der Waals surface area (Å²) in [7, 11) is -1.75. The second-order valence-electron chi connectivity index (χ2n) is 4.76. The Morgan fingerprint density at radius 1 is 1.10 bits per heavy atom. The molecule has 3 rings (SSSR count). The molecule has 1 aliphatic heterocycles. The summed E-state index contributed by atoms with van der Waals surface area (Å²) in [6.45, 7) is 0.992. The van der Waals surface area contributed by atoms with E-state index < -0.39 is 10.0 Å². The van der Waals surface area contributed by atoms with Crippen LogP contribution in [0.25, 0.3) is 0 Å². The third-order valence-electron chi connectivity index (χ3n) is 3.44. The lowest BCUT2D eigenvalue weighted by atomic mass is 10.2. The van der Waals surface area contributed by atoms with Crippen LogP contribution in [0, 0.1) is 0 Å². The van der Waals surface area contributed by atoms with Crippen LogP contribution in [0.5, 0.6) is 0 Å². The summed E-state index contributed by atoms with van der Waals surface area (Å²) in [5.41, 5.74) is 6.94. The van der Waals surface area contributed by atoms with Crippen LogP contribution in [-0.2, 0) is 10.0 Å². The van der Waals surface area contributed by atoms with E-state index in [0.29, 0.717) is 18.8 Å². The highest BCUT2D eigenvalue weighted by Gasteiger charge is 2.31. The first-order valence-electron chi connectivity index (χ1n) is 6.40. The zero-order chi connectivity index (χ0) is 15.0. The zero-order valence-electron chi connectivity index (χ0n) is 11.5. The highest BCUT2D eigenvalue weighted by Crippen LogP contribution is 2.35. The average Bonchev–Trinajstić information content (AvgIpc) is 2.48. The molecule has 0 bridgehead atoms. The van der Waals surface area contributed by atoms with Gasteiger partial charge in [-0.25, -0.2) is 18.4 Å². The van der Waals surface area contributed by atoms with Gasteiger partial charge in [0, 0.05) is 13.6 Å². The highest BCUT2D eigenvalue weighted by atomic mass is 32.2. The SMILES string of the molecule is CN1CCN(S(=O)(=O)c2cnc(N)nc2)c2ccccc21. The van der Waals surface area contributed by atoms with Crippen molar-refractivity contribution in [1.29, 1.82) is 0 Å². The maximum atomic E-state index is 12.8. The summed E-state index contributed by atoms with van der Waals surface area (Å²) >= 11 is 0. The second kappa shape index (κ2) is 4.88. The van der Waals surface area contributed by atoms with E-state index in [-0.39, 0.29) is 10.8 Å². The van der Waals surface area contributed by atoms with Crippen LogP contribution < -0.4 is 14.9 Å². The Morgan fingerprint density at radius 3 is 2.38 bits per heavy atom. The molecular weight excluding hydrogens is 290 g/mol. The fourth-order valence-electron chi connectivity index (χ4n) is 2.32. The molecule has 0 spiro atoms. The molecule has 1 aliphatic rings. The van der Waals surface area contributed by atoms with Gasteiger partial charge in [-0.05, 0) is 12.1 Å². The number of anilines is 3. The fraction of sp³-hybridized carbons (Fsp3) is 0.231. The summed E-state index contributed by atoms with van der Waals surface area (Å²) in [5, 5.41) is 0. The minimum absolute atomic E-state index is 0.0380. The van der Waals surface area contributed by atoms with Crippen molar-refractivity contribution in [3.8, 4) is 0 Å². The van der Waals surface area contributed by atoms with Crippen molar-refractivity contribution >= 4 is 27.3 Å². The van der Waals surface area contributed by atoms with E-state index in [9.17, 15) is 8.42 Å². The number of fused-ring (bicyclic) bond motifs is 1. The Kier molecular flexibility index (Phi) is 3.17. The van der Waals surface area contributed by atoms with Gasteiger partial charge < -0.3 is 10.6 Å². The lowest BCUT2D eigenvalue weighted by Crippen LogP contribution is -2.42. The van der Waals surface area contributed by atoms with Crippen molar-refractivity contribution in [1.82, 2.24) is 9.97 Å². The summed E-state index contributed by atoms with van der Waals surface area (Å²) in [4.78, 5) is 9.59. The van der Waals surface area contributed by atoms with Gasteiger partial charge >= 0.3 is 0 Å². The van der Waals surface area contributed by atoms with Gasteiger partial charge in [0.1, 0.15) is 4.90 Å². The van der Waals surface area contributed by atoms with Crippen molar-refractivity contribution in [2.45, 2.75) is 4.90 Å². The van der Waals surface area contributed by atoms with Crippen LogP contribution in [-0.4, -0.2) is 38.5 Å². The molecule has 2 heterocycles. The van der Waals surface area contributed by atoms with Crippen LogP contribution in [0.15, 0.2) is 41.6 Å². The fourth-order valence-corrected chi connectivity index (χ4v) is 3.68. The molecular formula is C13H15N5O2S. The lowest BCUT2D eigenvalue weighted by molar-refractivity contribution is 0.588. The third kappa shape index (κ3) is 2.27. The van der Waals surface area contributed by atoms with E-state index in [1.165, 1.54) is 16.7 Å². The molecule has 0 saturated heterocycles. The van der Waals surface area contributed by atoms with E-state index >= 15 is 0 Å². The normalized spacial score (nSPS) is 14.9. The maximum Gasteiger partial charge on any atom is 0.267 e. The number of hydrogen-bond acceptors (Lipinski definition) is 6. The minimum atomic E-state index is -3.69. The number of sulfonamides is 1. The zero-order valence-corrected chi connectivity index (χ0v) is 12.3. The predicted octanol–water partition coefficient (Wildman–Crippen LogP) is 0.704. The van der Waals surface area contributed by atoms with Crippen LogP contribution >= 0.6 is 0 Å². The van der Waals surface area contributed by atoms with E-state index in [1.807, 2.05) is 30.1 Å². The second-order valence-corrected chi connectivity index (χ2v) is 6.63. The van der Waals surface area contributed by atoms with Gasteiger partial charge in [0.2, 0.25) is 5.95 Å². The first-order valence-corrected chi connectivity index (χ1v) is 7.84. The molecule has 0 radical (unpaired) electrons. The number of hydrogen-bond donors (Lipinski definition) is 1. The number of aromatic nitrogens is 2. The molecule has 0 unspecified atom stereocenters. The molecule has 0 aliphatic carbocycles.